The largest absolute Gasteiger partial charge is 0.366 e. The van der Waals surface area contributed by atoms with Crippen molar-refractivity contribution in [1.82, 2.24) is 15.2 Å². The van der Waals surface area contributed by atoms with E-state index < -0.39 is 6.10 Å². The van der Waals surface area contributed by atoms with Crippen molar-refractivity contribution >= 4 is 17.2 Å². The van der Waals surface area contributed by atoms with Crippen LogP contribution in [0.15, 0.2) is 41.4 Å². The van der Waals surface area contributed by atoms with Crippen LogP contribution in [-0.2, 0) is 22.6 Å². The van der Waals surface area contributed by atoms with Crippen molar-refractivity contribution in [3.63, 3.8) is 0 Å². The maximum absolute atomic E-state index is 12.8. The minimum Gasteiger partial charge on any atom is -0.366 e. The van der Waals surface area contributed by atoms with Crippen molar-refractivity contribution in [1.29, 1.82) is 0 Å². The molecule has 2 aromatic rings. The van der Waals surface area contributed by atoms with Crippen LogP contribution in [0.3, 0.4) is 0 Å². The van der Waals surface area contributed by atoms with E-state index in [4.69, 9.17) is 4.74 Å². The molecule has 116 valence electrons. The van der Waals surface area contributed by atoms with Crippen molar-refractivity contribution < 1.29 is 9.53 Å². The van der Waals surface area contributed by atoms with Crippen molar-refractivity contribution in [3.05, 3.63) is 52.5 Å². The normalized spacial score (nSPS) is 18.1. The van der Waals surface area contributed by atoms with Gasteiger partial charge in [0, 0.05) is 38.6 Å². The highest BCUT2D eigenvalue weighted by molar-refractivity contribution is 7.07. The van der Waals surface area contributed by atoms with Gasteiger partial charge in [-0.05, 0) is 34.0 Å². The molecule has 5 nitrogen and oxygen atoms in total. The van der Waals surface area contributed by atoms with E-state index in [0.29, 0.717) is 26.2 Å². The molecule has 1 fully saturated rings. The Morgan fingerprint density at radius 1 is 1.41 bits per heavy atom. The average Bonchev–Trinajstić information content (AvgIpc) is 3.08. The Hall–Kier alpha value is -1.76. The quantitative estimate of drug-likeness (QED) is 0.911. The van der Waals surface area contributed by atoms with Gasteiger partial charge in [0.05, 0.1) is 6.61 Å². The van der Waals surface area contributed by atoms with Gasteiger partial charge >= 0.3 is 0 Å². The summed E-state index contributed by atoms with van der Waals surface area (Å²) < 4.78 is 5.61. The Balaban J connectivity index is 1.74. The van der Waals surface area contributed by atoms with E-state index in [1.54, 1.807) is 23.7 Å². The minimum atomic E-state index is -0.399. The summed E-state index contributed by atoms with van der Waals surface area (Å²) in [6, 6.07) is 5.93. The maximum atomic E-state index is 12.8. The number of hydrogen-bond donors (Lipinski definition) is 1. The molecule has 0 spiro atoms. The van der Waals surface area contributed by atoms with E-state index >= 15 is 0 Å². The number of aromatic nitrogens is 1. The van der Waals surface area contributed by atoms with Gasteiger partial charge in [-0.25, -0.2) is 0 Å². The lowest BCUT2D eigenvalue weighted by atomic mass is 10.2. The molecule has 1 amide bonds. The Morgan fingerprint density at radius 2 is 2.32 bits per heavy atom. The van der Waals surface area contributed by atoms with Gasteiger partial charge in [-0.2, -0.15) is 11.3 Å². The van der Waals surface area contributed by atoms with E-state index in [0.717, 1.165) is 17.7 Å². The summed E-state index contributed by atoms with van der Waals surface area (Å²) in [4.78, 5) is 18.7. The van der Waals surface area contributed by atoms with Crippen LogP contribution in [0.5, 0.6) is 0 Å². The maximum Gasteiger partial charge on any atom is 0.253 e. The highest BCUT2D eigenvalue weighted by Gasteiger charge is 2.27. The number of rotatable bonds is 5. The number of hydrogen-bond acceptors (Lipinski definition) is 5. The third-order valence-electron chi connectivity index (χ3n) is 3.56. The Kier molecular flexibility index (Phi) is 5.15. The number of ether oxygens (including phenoxy) is 1. The molecule has 1 aliphatic rings. The topological polar surface area (TPSA) is 54.5 Å². The second-order valence-electron chi connectivity index (χ2n) is 5.25. The second-order valence-corrected chi connectivity index (χ2v) is 6.03. The second kappa shape index (κ2) is 7.49. The van der Waals surface area contributed by atoms with Crippen LogP contribution in [0, 0.1) is 0 Å². The summed E-state index contributed by atoms with van der Waals surface area (Å²) in [5.74, 6) is 0.0299. The summed E-state index contributed by atoms with van der Waals surface area (Å²) in [5.41, 5.74) is 2.17. The Morgan fingerprint density at radius 3 is 3.00 bits per heavy atom. The van der Waals surface area contributed by atoms with Gasteiger partial charge in [-0.1, -0.05) is 6.07 Å². The molecule has 1 aliphatic heterocycles. The first-order valence-electron chi connectivity index (χ1n) is 7.34. The van der Waals surface area contributed by atoms with E-state index in [1.807, 2.05) is 28.5 Å². The van der Waals surface area contributed by atoms with Crippen LogP contribution in [0.2, 0.25) is 0 Å². The molecule has 2 aromatic heterocycles. The molecular formula is C16H19N3O2S. The average molecular weight is 317 g/mol. The van der Waals surface area contributed by atoms with Crippen LogP contribution < -0.4 is 5.32 Å². The third-order valence-corrected chi connectivity index (χ3v) is 4.30. The van der Waals surface area contributed by atoms with Crippen LogP contribution >= 0.6 is 11.3 Å². The first kappa shape index (κ1) is 15.1. The molecule has 1 atom stereocenters. The molecule has 0 aromatic carbocycles. The summed E-state index contributed by atoms with van der Waals surface area (Å²) in [6.45, 7) is 3.10. The van der Waals surface area contributed by atoms with Crippen molar-refractivity contribution in [2.75, 3.05) is 19.7 Å². The molecule has 1 N–H and O–H groups in total. The van der Waals surface area contributed by atoms with Crippen LogP contribution in [0.4, 0.5) is 0 Å². The summed E-state index contributed by atoms with van der Waals surface area (Å²) in [7, 11) is 0. The minimum absolute atomic E-state index is 0.0299. The summed E-state index contributed by atoms with van der Waals surface area (Å²) in [6.07, 6.45) is 3.14. The molecule has 6 heteroatoms. The van der Waals surface area contributed by atoms with E-state index in [1.165, 1.54) is 0 Å². The number of carbonyl (C=O) groups excluding carboxylic acids is 1. The van der Waals surface area contributed by atoms with E-state index in [2.05, 4.69) is 15.7 Å². The van der Waals surface area contributed by atoms with Crippen LogP contribution in [0.1, 0.15) is 11.1 Å². The molecular weight excluding hydrogens is 298 g/mol. The molecule has 0 radical (unpaired) electrons. The standard InChI is InChI=1S/C16H19N3O2S/c20-16(15-9-18-5-6-21-15)19(11-14-3-7-22-12-14)10-13-2-1-4-17-8-13/h1-4,7-8,12,15,18H,5-6,9-11H2. The monoisotopic (exact) mass is 317 g/mol. The molecule has 0 bridgehead atoms. The number of nitrogens with one attached hydrogen (secondary N) is 1. The zero-order valence-corrected chi connectivity index (χ0v) is 13.1. The fourth-order valence-electron chi connectivity index (χ4n) is 2.45. The predicted octanol–water partition coefficient (Wildman–Crippen LogP) is 1.66. The first-order valence-corrected chi connectivity index (χ1v) is 8.28. The van der Waals surface area contributed by atoms with Gasteiger partial charge in [-0.15, -0.1) is 0 Å². The molecule has 1 unspecified atom stereocenters. The van der Waals surface area contributed by atoms with Crippen LogP contribution in [0.25, 0.3) is 0 Å². The predicted molar refractivity (Wildman–Crippen MR) is 85.4 cm³/mol. The number of carbonyl (C=O) groups is 1. The van der Waals surface area contributed by atoms with Gasteiger partial charge < -0.3 is 15.0 Å². The fraction of sp³-hybridized carbons (Fsp3) is 0.375. The smallest absolute Gasteiger partial charge is 0.253 e. The number of pyridine rings is 1. The van der Waals surface area contributed by atoms with Gasteiger partial charge in [0.15, 0.2) is 0 Å². The molecule has 1 saturated heterocycles. The highest BCUT2D eigenvalue weighted by Crippen LogP contribution is 2.15. The lowest BCUT2D eigenvalue weighted by Gasteiger charge is -2.29. The zero-order chi connectivity index (χ0) is 15.2. The first-order chi connectivity index (χ1) is 10.8. The number of morpholine rings is 1. The van der Waals surface area contributed by atoms with Gasteiger partial charge in [-0.3, -0.25) is 9.78 Å². The molecule has 22 heavy (non-hydrogen) atoms. The molecule has 0 saturated carbocycles. The molecule has 3 rings (SSSR count). The summed E-state index contributed by atoms with van der Waals surface area (Å²) >= 11 is 1.64. The van der Waals surface area contributed by atoms with Crippen molar-refractivity contribution in [2.45, 2.75) is 19.2 Å². The SMILES string of the molecule is O=C(C1CNCCO1)N(Cc1cccnc1)Cc1ccsc1. The number of nitrogens with zero attached hydrogens (tertiary/aromatic N) is 2. The lowest BCUT2D eigenvalue weighted by Crippen LogP contribution is -2.49. The van der Waals surface area contributed by atoms with E-state index in [-0.39, 0.29) is 5.91 Å². The van der Waals surface area contributed by atoms with Crippen molar-refractivity contribution in [2.24, 2.45) is 0 Å². The van der Waals surface area contributed by atoms with E-state index in [9.17, 15) is 4.79 Å². The lowest BCUT2D eigenvalue weighted by molar-refractivity contribution is -0.146. The molecule has 3 heterocycles. The molecule has 0 aliphatic carbocycles. The van der Waals surface area contributed by atoms with Gasteiger partial charge in [0.25, 0.3) is 5.91 Å². The van der Waals surface area contributed by atoms with Gasteiger partial charge in [0.2, 0.25) is 0 Å². The number of amides is 1. The summed E-state index contributed by atoms with van der Waals surface area (Å²) in [5, 5.41) is 7.31. The number of thiophene rings is 1. The Labute approximate surface area is 133 Å². The van der Waals surface area contributed by atoms with Gasteiger partial charge in [0.1, 0.15) is 6.10 Å². The highest BCUT2D eigenvalue weighted by atomic mass is 32.1. The fourth-order valence-corrected chi connectivity index (χ4v) is 3.11. The third kappa shape index (κ3) is 3.91. The van der Waals surface area contributed by atoms with Crippen LogP contribution in [-0.4, -0.2) is 41.6 Å². The van der Waals surface area contributed by atoms with Crippen molar-refractivity contribution in [3.8, 4) is 0 Å². The Bertz CT molecular complexity index is 583. The zero-order valence-electron chi connectivity index (χ0n) is 12.3.